The van der Waals surface area contributed by atoms with Gasteiger partial charge >= 0.3 is 0 Å². The molecule has 0 nitrogen and oxygen atoms in total. The van der Waals surface area contributed by atoms with Crippen LogP contribution in [-0.4, -0.2) is 0 Å². The third kappa shape index (κ3) is 3.61. The van der Waals surface area contributed by atoms with Gasteiger partial charge in [-0.1, -0.05) is 36.7 Å². The van der Waals surface area contributed by atoms with Crippen molar-refractivity contribution in [2.45, 2.75) is 51.3 Å². The summed E-state index contributed by atoms with van der Waals surface area (Å²) < 4.78 is 1.24. The first-order valence-electron chi connectivity index (χ1n) is 6.77. The predicted molar refractivity (Wildman–Crippen MR) is 88.6 cm³/mol. The number of alkyl halides is 1. The van der Waals surface area contributed by atoms with Crippen LogP contribution in [0.4, 0.5) is 0 Å². The predicted octanol–water partition coefficient (Wildman–Crippen LogP) is 6.80. The third-order valence-corrected chi connectivity index (χ3v) is 7.53. The minimum atomic E-state index is 0.485. The summed E-state index contributed by atoms with van der Waals surface area (Å²) >= 11 is 9.34. The van der Waals surface area contributed by atoms with E-state index in [2.05, 4.69) is 64.8 Å². The number of thiophene rings is 1. The molecule has 0 spiro atoms. The molecule has 0 amide bonds. The fraction of sp³-hybridized carbons (Fsp3) is 0.733. The van der Waals surface area contributed by atoms with E-state index < -0.39 is 0 Å². The second kappa shape index (κ2) is 5.97. The standard InChI is InChI=1S/C15H22Br2S/c1-15(2,3)11-6-4-10(5-7-11)14(17)12-8-9-13(16)18-12/h8-11,14H,4-7H2,1-3H3. The van der Waals surface area contributed by atoms with Crippen molar-refractivity contribution in [3.63, 3.8) is 0 Å². The van der Waals surface area contributed by atoms with Crippen molar-refractivity contribution >= 4 is 43.2 Å². The summed E-state index contributed by atoms with van der Waals surface area (Å²) in [4.78, 5) is 2.02. The molecule has 18 heavy (non-hydrogen) atoms. The van der Waals surface area contributed by atoms with Crippen LogP contribution in [0.15, 0.2) is 15.9 Å². The summed E-state index contributed by atoms with van der Waals surface area (Å²) in [5.74, 6) is 1.72. The lowest BCUT2D eigenvalue weighted by Gasteiger charge is -2.38. The van der Waals surface area contributed by atoms with Gasteiger partial charge in [0.05, 0.1) is 8.61 Å². The average Bonchev–Trinajstić information content (AvgIpc) is 2.74. The Labute approximate surface area is 132 Å². The molecular formula is C15H22Br2S. The normalized spacial score (nSPS) is 27.2. The molecule has 0 N–H and O–H groups in total. The van der Waals surface area contributed by atoms with E-state index in [9.17, 15) is 0 Å². The fourth-order valence-corrected chi connectivity index (χ4v) is 5.44. The van der Waals surface area contributed by atoms with Gasteiger partial charge in [0.1, 0.15) is 0 Å². The first-order valence-corrected chi connectivity index (χ1v) is 9.29. The highest BCUT2D eigenvalue weighted by atomic mass is 79.9. The Kier molecular flexibility index (Phi) is 4.99. The molecule has 1 heterocycles. The zero-order valence-electron chi connectivity index (χ0n) is 11.4. The SMILES string of the molecule is CC(C)(C)C1CCC(C(Br)c2ccc(Br)s2)CC1. The van der Waals surface area contributed by atoms with Gasteiger partial charge in [-0.05, 0) is 71.0 Å². The molecular weight excluding hydrogens is 372 g/mol. The lowest BCUT2D eigenvalue weighted by Crippen LogP contribution is -2.26. The fourth-order valence-electron chi connectivity index (χ4n) is 2.99. The number of halogens is 2. The Hall–Kier alpha value is 0.660. The Morgan fingerprint density at radius 1 is 1.17 bits per heavy atom. The Morgan fingerprint density at radius 2 is 1.78 bits per heavy atom. The van der Waals surface area contributed by atoms with Crippen LogP contribution >= 0.6 is 43.2 Å². The molecule has 1 atom stereocenters. The van der Waals surface area contributed by atoms with Crippen molar-refractivity contribution in [1.29, 1.82) is 0 Å². The van der Waals surface area contributed by atoms with Gasteiger partial charge in [0.15, 0.2) is 0 Å². The lowest BCUT2D eigenvalue weighted by molar-refractivity contribution is 0.150. The zero-order valence-corrected chi connectivity index (χ0v) is 15.4. The van der Waals surface area contributed by atoms with Crippen molar-refractivity contribution in [3.05, 3.63) is 20.8 Å². The van der Waals surface area contributed by atoms with E-state index in [-0.39, 0.29) is 0 Å². The molecule has 2 rings (SSSR count). The molecule has 0 bridgehead atoms. The average molecular weight is 394 g/mol. The van der Waals surface area contributed by atoms with Crippen molar-refractivity contribution in [2.24, 2.45) is 17.3 Å². The van der Waals surface area contributed by atoms with Gasteiger partial charge in [0, 0.05) is 4.88 Å². The minimum Gasteiger partial charge on any atom is -0.132 e. The van der Waals surface area contributed by atoms with E-state index in [0.717, 1.165) is 11.8 Å². The zero-order chi connectivity index (χ0) is 13.3. The molecule has 0 aliphatic heterocycles. The van der Waals surface area contributed by atoms with Crippen LogP contribution in [0.5, 0.6) is 0 Å². The molecule has 0 aromatic carbocycles. The van der Waals surface area contributed by atoms with Gasteiger partial charge < -0.3 is 0 Å². The number of rotatable bonds is 2. The van der Waals surface area contributed by atoms with Gasteiger partial charge in [0.2, 0.25) is 0 Å². The summed E-state index contributed by atoms with van der Waals surface area (Å²) in [6.07, 6.45) is 5.52. The third-order valence-electron chi connectivity index (χ3n) is 4.28. The maximum absolute atomic E-state index is 3.92. The largest absolute Gasteiger partial charge is 0.132 e. The topological polar surface area (TPSA) is 0 Å². The first kappa shape index (κ1) is 15.1. The molecule has 3 heteroatoms. The number of hydrogen-bond acceptors (Lipinski definition) is 1. The van der Waals surface area contributed by atoms with Crippen molar-refractivity contribution in [3.8, 4) is 0 Å². The highest BCUT2D eigenvalue weighted by molar-refractivity contribution is 9.11. The Bertz CT molecular complexity index is 383. The minimum absolute atomic E-state index is 0.485. The first-order chi connectivity index (χ1) is 8.38. The summed E-state index contributed by atoms with van der Waals surface area (Å²) in [7, 11) is 0. The van der Waals surface area contributed by atoms with Crippen molar-refractivity contribution in [1.82, 2.24) is 0 Å². The van der Waals surface area contributed by atoms with Crippen LogP contribution in [0, 0.1) is 17.3 Å². The molecule has 1 aliphatic rings. The highest BCUT2D eigenvalue weighted by Crippen LogP contribution is 2.47. The van der Waals surface area contributed by atoms with Gasteiger partial charge in [0.25, 0.3) is 0 Å². The monoisotopic (exact) mass is 392 g/mol. The molecule has 0 saturated heterocycles. The van der Waals surface area contributed by atoms with Crippen LogP contribution in [0.1, 0.15) is 56.2 Å². The quantitative estimate of drug-likeness (QED) is 0.484. The van der Waals surface area contributed by atoms with E-state index in [1.807, 2.05) is 11.3 Å². The molecule has 1 aromatic rings. The van der Waals surface area contributed by atoms with E-state index >= 15 is 0 Å². The smallest absolute Gasteiger partial charge is 0.0701 e. The summed E-state index contributed by atoms with van der Waals surface area (Å²) in [6, 6.07) is 4.42. The van der Waals surface area contributed by atoms with E-state index in [4.69, 9.17) is 0 Å². The van der Waals surface area contributed by atoms with Crippen LogP contribution in [0.25, 0.3) is 0 Å². The van der Waals surface area contributed by atoms with Gasteiger partial charge in [-0.2, -0.15) is 0 Å². The van der Waals surface area contributed by atoms with E-state index in [1.165, 1.54) is 34.3 Å². The van der Waals surface area contributed by atoms with Gasteiger partial charge in [-0.15, -0.1) is 11.3 Å². The Morgan fingerprint density at radius 3 is 2.22 bits per heavy atom. The molecule has 1 saturated carbocycles. The molecule has 1 unspecified atom stereocenters. The maximum atomic E-state index is 3.92. The summed E-state index contributed by atoms with van der Waals surface area (Å²) in [5.41, 5.74) is 0.485. The van der Waals surface area contributed by atoms with Crippen LogP contribution in [0.3, 0.4) is 0 Å². The van der Waals surface area contributed by atoms with Crippen LogP contribution < -0.4 is 0 Å². The molecule has 0 radical (unpaired) electrons. The second-order valence-electron chi connectivity index (χ2n) is 6.52. The van der Waals surface area contributed by atoms with E-state index in [0.29, 0.717) is 10.2 Å². The molecule has 1 fully saturated rings. The second-order valence-corrected chi connectivity index (χ2v) is 10.0. The molecule has 102 valence electrons. The van der Waals surface area contributed by atoms with Crippen molar-refractivity contribution < 1.29 is 0 Å². The maximum Gasteiger partial charge on any atom is 0.0701 e. The van der Waals surface area contributed by atoms with Crippen molar-refractivity contribution in [2.75, 3.05) is 0 Å². The highest BCUT2D eigenvalue weighted by Gasteiger charge is 2.32. The summed E-state index contributed by atoms with van der Waals surface area (Å²) in [6.45, 7) is 7.17. The lowest BCUT2D eigenvalue weighted by atomic mass is 9.69. The van der Waals surface area contributed by atoms with E-state index in [1.54, 1.807) is 0 Å². The van der Waals surface area contributed by atoms with Crippen LogP contribution in [0.2, 0.25) is 0 Å². The van der Waals surface area contributed by atoms with Crippen LogP contribution in [-0.2, 0) is 0 Å². The molecule has 1 aromatic heterocycles. The summed E-state index contributed by atoms with van der Waals surface area (Å²) in [5, 5.41) is 0. The Balaban J connectivity index is 1.94. The van der Waals surface area contributed by atoms with Gasteiger partial charge in [-0.3, -0.25) is 0 Å². The molecule has 1 aliphatic carbocycles. The van der Waals surface area contributed by atoms with Gasteiger partial charge in [-0.25, -0.2) is 0 Å². The number of hydrogen-bond donors (Lipinski definition) is 0.